The number of carbonyl (C=O) groups excluding carboxylic acids is 1. The lowest BCUT2D eigenvalue weighted by atomic mass is 9.95. The first-order valence-electron chi connectivity index (χ1n) is 6.13. The lowest BCUT2D eigenvalue weighted by molar-refractivity contribution is -0.118. The molecule has 0 heterocycles. The Hall–Kier alpha value is -0.670. The highest BCUT2D eigenvalue weighted by Gasteiger charge is 2.22. The van der Waals surface area contributed by atoms with Crippen LogP contribution in [0.2, 0.25) is 0 Å². The van der Waals surface area contributed by atoms with Crippen LogP contribution in [0.15, 0.2) is 28.7 Å². The van der Waals surface area contributed by atoms with Gasteiger partial charge in [0.1, 0.15) is 5.78 Å². The van der Waals surface area contributed by atoms with Crippen LogP contribution in [-0.4, -0.2) is 18.9 Å². The maximum Gasteiger partial charge on any atom is 0.138 e. The van der Waals surface area contributed by atoms with E-state index in [9.17, 15) is 4.79 Å². The number of carbonyl (C=O) groups is 1. The Balaban J connectivity index is 1.95. The van der Waals surface area contributed by atoms with E-state index in [0.717, 1.165) is 29.0 Å². The summed E-state index contributed by atoms with van der Waals surface area (Å²) in [4.78, 5) is 11.7. The van der Waals surface area contributed by atoms with E-state index >= 15 is 0 Å². The molecule has 1 aliphatic carbocycles. The van der Waals surface area contributed by atoms with Crippen LogP contribution in [0.25, 0.3) is 0 Å². The number of benzene rings is 1. The number of hydrogen-bond donors (Lipinski definition) is 1. The summed E-state index contributed by atoms with van der Waals surface area (Å²) in [5.74, 6) is 1.07. The van der Waals surface area contributed by atoms with E-state index in [1.54, 1.807) is 6.92 Å². The monoisotopic (exact) mass is 295 g/mol. The highest BCUT2D eigenvalue weighted by molar-refractivity contribution is 9.10. The molecule has 1 unspecified atom stereocenters. The van der Waals surface area contributed by atoms with Crippen molar-refractivity contribution in [2.75, 3.05) is 13.1 Å². The van der Waals surface area contributed by atoms with Crippen LogP contribution in [0.3, 0.4) is 0 Å². The Bertz CT molecular complexity index is 384. The molecule has 1 atom stereocenters. The first-order valence-corrected chi connectivity index (χ1v) is 6.92. The Morgan fingerprint density at radius 3 is 2.59 bits per heavy atom. The molecule has 0 radical (unpaired) electrons. The zero-order valence-electron chi connectivity index (χ0n) is 10.1. The van der Waals surface area contributed by atoms with E-state index in [1.807, 2.05) is 24.3 Å². The minimum atomic E-state index is -0.0122. The SMILES string of the molecule is CC(=O)C(CNCC1CC1)c1ccc(Br)cc1. The van der Waals surface area contributed by atoms with Gasteiger partial charge in [-0.25, -0.2) is 0 Å². The summed E-state index contributed by atoms with van der Waals surface area (Å²) in [6.45, 7) is 3.49. The van der Waals surface area contributed by atoms with Crippen LogP contribution in [0.4, 0.5) is 0 Å². The second-order valence-electron chi connectivity index (χ2n) is 4.82. The molecule has 0 aromatic heterocycles. The second-order valence-corrected chi connectivity index (χ2v) is 5.73. The van der Waals surface area contributed by atoms with Crippen molar-refractivity contribution in [3.8, 4) is 0 Å². The minimum Gasteiger partial charge on any atom is -0.315 e. The summed E-state index contributed by atoms with van der Waals surface area (Å²) < 4.78 is 1.05. The van der Waals surface area contributed by atoms with Crippen LogP contribution >= 0.6 is 15.9 Å². The molecule has 0 amide bonds. The van der Waals surface area contributed by atoms with Crippen molar-refractivity contribution in [3.05, 3.63) is 34.3 Å². The Kier molecular flexibility index (Phi) is 4.35. The van der Waals surface area contributed by atoms with Crippen molar-refractivity contribution in [1.82, 2.24) is 5.32 Å². The molecule has 1 aliphatic rings. The number of hydrogen-bond acceptors (Lipinski definition) is 2. The molecule has 17 heavy (non-hydrogen) atoms. The van der Waals surface area contributed by atoms with Crippen molar-refractivity contribution < 1.29 is 4.79 Å². The van der Waals surface area contributed by atoms with Crippen molar-refractivity contribution in [1.29, 1.82) is 0 Å². The standard InChI is InChI=1S/C14H18BrNO/c1-10(17)14(9-16-8-11-2-3-11)12-4-6-13(15)7-5-12/h4-7,11,14,16H,2-3,8-9H2,1H3. The van der Waals surface area contributed by atoms with Gasteiger partial charge in [0.2, 0.25) is 0 Å². The summed E-state index contributed by atoms with van der Waals surface area (Å²) in [5.41, 5.74) is 1.10. The molecule has 0 saturated heterocycles. The normalized spacial score (nSPS) is 16.8. The van der Waals surface area contributed by atoms with Gasteiger partial charge in [0.15, 0.2) is 0 Å². The lowest BCUT2D eigenvalue weighted by Gasteiger charge is -2.15. The molecule has 0 spiro atoms. The number of halogens is 1. The van der Waals surface area contributed by atoms with Gasteiger partial charge in [0.05, 0.1) is 5.92 Å². The fourth-order valence-corrected chi connectivity index (χ4v) is 2.21. The molecule has 1 aromatic rings. The van der Waals surface area contributed by atoms with Gasteiger partial charge in [0, 0.05) is 11.0 Å². The molecule has 1 fully saturated rings. The van der Waals surface area contributed by atoms with Gasteiger partial charge in [-0.1, -0.05) is 28.1 Å². The zero-order valence-corrected chi connectivity index (χ0v) is 11.7. The number of Topliss-reactive ketones (excluding diaryl/α,β-unsaturated/α-hetero) is 1. The van der Waals surface area contributed by atoms with Gasteiger partial charge >= 0.3 is 0 Å². The predicted octanol–water partition coefficient (Wildman–Crippen LogP) is 3.12. The maximum absolute atomic E-state index is 11.7. The fraction of sp³-hybridized carbons (Fsp3) is 0.500. The number of nitrogens with one attached hydrogen (secondary N) is 1. The van der Waals surface area contributed by atoms with Crippen LogP contribution < -0.4 is 5.32 Å². The summed E-state index contributed by atoms with van der Waals surface area (Å²) in [6.07, 6.45) is 2.69. The molecular formula is C14H18BrNO. The molecule has 0 aliphatic heterocycles. The van der Waals surface area contributed by atoms with E-state index in [2.05, 4.69) is 21.2 Å². The Labute approximate surface area is 111 Å². The van der Waals surface area contributed by atoms with Gasteiger partial charge < -0.3 is 5.32 Å². The topological polar surface area (TPSA) is 29.1 Å². The Morgan fingerprint density at radius 1 is 1.41 bits per heavy atom. The third-order valence-electron chi connectivity index (χ3n) is 3.24. The molecule has 92 valence electrons. The van der Waals surface area contributed by atoms with E-state index in [4.69, 9.17) is 0 Å². The van der Waals surface area contributed by atoms with Gasteiger partial charge in [-0.2, -0.15) is 0 Å². The molecule has 3 heteroatoms. The molecule has 1 saturated carbocycles. The Morgan fingerprint density at radius 2 is 2.06 bits per heavy atom. The third-order valence-corrected chi connectivity index (χ3v) is 3.77. The maximum atomic E-state index is 11.7. The highest BCUT2D eigenvalue weighted by Crippen LogP contribution is 2.28. The van der Waals surface area contributed by atoms with Crippen LogP contribution in [0.1, 0.15) is 31.2 Å². The zero-order chi connectivity index (χ0) is 12.3. The first-order chi connectivity index (χ1) is 8.16. The van der Waals surface area contributed by atoms with Crippen molar-refractivity contribution in [2.45, 2.75) is 25.7 Å². The molecular weight excluding hydrogens is 278 g/mol. The number of ketones is 1. The smallest absolute Gasteiger partial charge is 0.138 e. The minimum absolute atomic E-state index is 0.0122. The van der Waals surface area contributed by atoms with E-state index < -0.39 is 0 Å². The van der Waals surface area contributed by atoms with Gasteiger partial charge in [-0.3, -0.25) is 4.79 Å². The average molecular weight is 296 g/mol. The van der Waals surface area contributed by atoms with Crippen molar-refractivity contribution in [3.63, 3.8) is 0 Å². The van der Waals surface area contributed by atoms with E-state index in [-0.39, 0.29) is 11.7 Å². The largest absolute Gasteiger partial charge is 0.315 e. The van der Waals surface area contributed by atoms with Gasteiger partial charge in [-0.05, 0) is 49.9 Å². The van der Waals surface area contributed by atoms with E-state index in [0.29, 0.717) is 0 Å². The first kappa shape index (κ1) is 12.8. The molecule has 2 rings (SSSR count). The summed E-state index contributed by atoms with van der Waals surface area (Å²) >= 11 is 3.41. The third kappa shape index (κ3) is 3.93. The van der Waals surface area contributed by atoms with Gasteiger partial charge in [0.25, 0.3) is 0 Å². The van der Waals surface area contributed by atoms with E-state index in [1.165, 1.54) is 12.8 Å². The molecule has 1 aromatic carbocycles. The van der Waals surface area contributed by atoms with Crippen molar-refractivity contribution in [2.24, 2.45) is 5.92 Å². The quantitative estimate of drug-likeness (QED) is 0.874. The second kappa shape index (κ2) is 5.78. The highest BCUT2D eigenvalue weighted by atomic mass is 79.9. The number of rotatable bonds is 6. The lowest BCUT2D eigenvalue weighted by Crippen LogP contribution is -2.27. The predicted molar refractivity (Wildman–Crippen MR) is 73.2 cm³/mol. The van der Waals surface area contributed by atoms with Crippen LogP contribution in [0, 0.1) is 5.92 Å². The molecule has 2 nitrogen and oxygen atoms in total. The molecule has 1 N–H and O–H groups in total. The molecule has 0 bridgehead atoms. The fourth-order valence-electron chi connectivity index (χ4n) is 1.95. The summed E-state index contributed by atoms with van der Waals surface area (Å²) in [7, 11) is 0. The average Bonchev–Trinajstić information content (AvgIpc) is 3.09. The van der Waals surface area contributed by atoms with Crippen LogP contribution in [-0.2, 0) is 4.79 Å². The van der Waals surface area contributed by atoms with Gasteiger partial charge in [-0.15, -0.1) is 0 Å². The van der Waals surface area contributed by atoms with Crippen molar-refractivity contribution >= 4 is 21.7 Å². The van der Waals surface area contributed by atoms with Crippen LogP contribution in [0.5, 0.6) is 0 Å². The summed E-state index contributed by atoms with van der Waals surface area (Å²) in [6, 6.07) is 8.03. The summed E-state index contributed by atoms with van der Waals surface area (Å²) in [5, 5.41) is 3.41.